The average molecular weight is 273 g/mol. The Balaban J connectivity index is 1.88. The zero-order valence-corrected chi connectivity index (χ0v) is 11.4. The lowest BCUT2D eigenvalue weighted by Gasteiger charge is -2.37. The highest BCUT2D eigenvalue weighted by Gasteiger charge is 2.30. The fourth-order valence-corrected chi connectivity index (χ4v) is 2.65. The maximum Gasteiger partial charge on any atom is 0.275 e. The van der Waals surface area contributed by atoms with Gasteiger partial charge in [-0.15, -0.1) is 0 Å². The fourth-order valence-electron chi connectivity index (χ4n) is 2.65. The summed E-state index contributed by atoms with van der Waals surface area (Å²) in [6.45, 7) is 0.707. The van der Waals surface area contributed by atoms with Gasteiger partial charge in [0.05, 0.1) is 5.52 Å². The number of carbonyl (C=O) groups is 1. The summed E-state index contributed by atoms with van der Waals surface area (Å²) in [6, 6.07) is 7.97. The van der Waals surface area contributed by atoms with E-state index >= 15 is 0 Å². The van der Waals surface area contributed by atoms with E-state index in [0.717, 1.165) is 23.7 Å². The molecule has 0 radical (unpaired) electrons. The molecule has 0 atom stereocenters. The minimum absolute atomic E-state index is 0.0272. The lowest BCUT2D eigenvalue weighted by Crippen LogP contribution is -2.45. The molecule has 2 N–H and O–H groups in total. The maximum atomic E-state index is 12.7. The van der Waals surface area contributed by atoms with Gasteiger partial charge in [-0.05, 0) is 31.7 Å². The number of aliphatic hydroxyl groups is 1. The van der Waals surface area contributed by atoms with E-state index in [9.17, 15) is 4.79 Å². The number of nitrogens with zero attached hydrogens (tertiary/aromatic N) is 2. The van der Waals surface area contributed by atoms with Gasteiger partial charge in [0.25, 0.3) is 5.91 Å². The fraction of sp³-hybridized carbons (Fsp3) is 0.467. The molecule has 1 aromatic heterocycles. The minimum Gasteiger partial charge on any atom is -0.396 e. The van der Waals surface area contributed by atoms with Crippen molar-refractivity contribution in [2.75, 3.05) is 13.2 Å². The van der Waals surface area contributed by atoms with Crippen molar-refractivity contribution in [3.05, 3.63) is 30.0 Å². The second-order valence-electron chi connectivity index (χ2n) is 5.28. The maximum absolute atomic E-state index is 12.7. The number of amides is 1. The number of aliphatic hydroxyl groups excluding tert-OH is 1. The number of rotatable bonds is 5. The van der Waals surface area contributed by atoms with Gasteiger partial charge in [-0.25, -0.2) is 0 Å². The van der Waals surface area contributed by atoms with Crippen molar-refractivity contribution in [3.63, 3.8) is 0 Å². The smallest absolute Gasteiger partial charge is 0.275 e. The van der Waals surface area contributed by atoms with Crippen LogP contribution < -0.4 is 0 Å². The second-order valence-corrected chi connectivity index (χ2v) is 5.28. The van der Waals surface area contributed by atoms with Crippen molar-refractivity contribution < 1.29 is 9.90 Å². The number of aromatic nitrogens is 2. The van der Waals surface area contributed by atoms with Crippen molar-refractivity contribution >= 4 is 16.8 Å². The first-order valence-corrected chi connectivity index (χ1v) is 7.16. The van der Waals surface area contributed by atoms with Crippen LogP contribution >= 0.6 is 0 Å². The molecule has 1 fully saturated rings. The van der Waals surface area contributed by atoms with E-state index in [1.54, 1.807) is 0 Å². The van der Waals surface area contributed by atoms with Gasteiger partial charge in [-0.3, -0.25) is 9.89 Å². The van der Waals surface area contributed by atoms with Crippen molar-refractivity contribution in [1.29, 1.82) is 0 Å². The molecule has 0 spiro atoms. The largest absolute Gasteiger partial charge is 0.396 e. The zero-order chi connectivity index (χ0) is 13.9. The zero-order valence-electron chi connectivity index (χ0n) is 11.4. The lowest BCUT2D eigenvalue weighted by atomic mass is 9.91. The third-order valence-electron chi connectivity index (χ3n) is 4.01. The number of carbonyl (C=O) groups excluding carboxylic acids is 1. The van der Waals surface area contributed by atoms with Gasteiger partial charge >= 0.3 is 0 Å². The summed E-state index contributed by atoms with van der Waals surface area (Å²) < 4.78 is 0. The first-order chi connectivity index (χ1) is 9.81. The number of fused-ring (bicyclic) bond motifs is 1. The van der Waals surface area contributed by atoms with Crippen LogP contribution in [-0.2, 0) is 0 Å². The Morgan fingerprint density at radius 3 is 2.90 bits per heavy atom. The van der Waals surface area contributed by atoms with E-state index in [4.69, 9.17) is 5.11 Å². The second kappa shape index (κ2) is 5.63. The SMILES string of the molecule is O=C(c1n[nH]c2ccccc12)N(CCCO)C1CCC1. The van der Waals surface area contributed by atoms with Crippen LogP contribution in [0, 0.1) is 0 Å². The first kappa shape index (κ1) is 13.1. The van der Waals surface area contributed by atoms with E-state index in [1.807, 2.05) is 29.2 Å². The topological polar surface area (TPSA) is 69.2 Å². The number of aromatic amines is 1. The monoisotopic (exact) mass is 273 g/mol. The van der Waals surface area contributed by atoms with Gasteiger partial charge in [0.1, 0.15) is 0 Å². The van der Waals surface area contributed by atoms with E-state index in [-0.39, 0.29) is 12.5 Å². The molecule has 0 saturated heterocycles. The van der Waals surface area contributed by atoms with Gasteiger partial charge in [0, 0.05) is 24.6 Å². The van der Waals surface area contributed by atoms with Crippen molar-refractivity contribution in [2.24, 2.45) is 0 Å². The summed E-state index contributed by atoms with van der Waals surface area (Å²) in [5.74, 6) is -0.0272. The molecule has 1 aliphatic rings. The van der Waals surface area contributed by atoms with Crippen LogP contribution in [0.3, 0.4) is 0 Å². The van der Waals surface area contributed by atoms with Crippen LogP contribution in [0.25, 0.3) is 10.9 Å². The van der Waals surface area contributed by atoms with Crippen LogP contribution in [0.15, 0.2) is 24.3 Å². The van der Waals surface area contributed by atoms with Gasteiger partial charge in [0.15, 0.2) is 5.69 Å². The van der Waals surface area contributed by atoms with E-state index in [1.165, 1.54) is 6.42 Å². The van der Waals surface area contributed by atoms with E-state index in [2.05, 4.69) is 10.2 Å². The van der Waals surface area contributed by atoms with E-state index in [0.29, 0.717) is 24.7 Å². The Morgan fingerprint density at radius 1 is 1.40 bits per heavy atom. The molecule has 3 rings (SSSR count). The molecule has 1 saturated carbocycles. The van der Waals surface area contributed by atoms with Gasteiger partial charge in [0.2, 0.25) is 0 Å². The highest BCUT2D eigenvalue weighted by atomic mass is 16.3. The standard InChI is InChI=1S/C15H19N3O2/c19-10-4-9-18(11-5-3-6-11)15(20)14-12-7-1-2-8-13(12)16-17-14/h1-2,7-8,11,19H,3-6,9-10H2,(H,16,17). The number of para-hydroxylation sites is 1. The third-order valence-corrected chi connectivity index (χ3v) is 4.01. The Hall–Kier alpha value is -1.88. The summed E-state index contributed by atoms with van der Waals surface area (Å²) in [4.78, 5) is 14.6. The first-order valence-electron chi connectivity index (χ1n) is 7.16. The van der Waals surface area contributed by atoms with Gasteiger partial charge in [-0.1, -0.05) is 18.2 Å². The predicted octanol–water partition coefficient (Wildman–Crippen LogP) is 1.94. The number of hydrogen-bond donors (Lipinski definition) is 2. The highest BCUT2D eigenvalue weighted by molar-refractivity contribution is 6.04. The Kier molecular flexibility index (Phi) is 3.69. The predicted molar refractivity (Wildman–Crippen MR) is 76.5 cm³/mol. The Morgan fingerprint density at radius 2 is 2.20 bits per heavy atom. The van der Waals surface area contributed by atoms with Gasteiger partial charge in [-0.2, -0.15) is 5.10 Å². The molecule has 0 aliphatic heterocycles. The molecule has 5 nitrogen and oxygen atoms in total. The van der Waals surface area contributed by atoms with Crippen LogP contribution in [-0.4, -0.2) is 45.3 Å². The summed E-state index contributed by atoms with van der Waals surface area (Å²) >= 11 is 0. The molecular formula is C15H19N3O2. The van der Waals surface area contributed by atoms with Crippen LogP contribution in [0.4, 0.5) is 0 Å². The Bertz CT molecular complexity index is 604. The molecule has 0 unspecified atom stereocenters. The number of H-pyrrole nitrogens is 1. The van der Waals surface area contributed by atoms with Crippen LogP contribution in [0.1, 0.15) is 36.2 Å². The molecule has 1 aromatic carbocycles. The van der Waals surface area contributed by atoms with Gasteiger partial charge < -0.3 is 10.0 Å². The van der Waals surface area contributed by atoms with E-state index < -0.39 is 0 Å². The molecule has 2 aromatic rings. The number of hydrogen-bond acceptors (Lipinski definition) is 3. The summed E-state index contributed by atoms with van der Waals surface area (Å²) in [7, 11) is 0. The molecule has 106 valence electrons. The molecule has 5 heteroatoms. The Labute approximate surface area is 117 Å². The van der Waals surface area contributed by atoms with Crippen molar-refractivity contribution in [3.8, 4) is 0 Å². The van der Waals surface area contributed by atoms with Crippen LogP contribution in [0.2, 0.25) is 0 Å². The van der Waals surface area contributed by atoms with Crippen LogP contribution in [0.5, 0.6) is 0 Å². The molecule has 1 aliphatic carbocycles. The number of benzene rings is 1. The summed E-state index contributed by atoms with van der Waals surface area (Å²) in [5.41, 5.74) is 1.37. The summed E-state index contributed by atoms with van der Waals surface area (Å²) in [6.07, 6.45) is 3.90. The molecule has 0 bridgehead atoms. The van der Waals surface area contributed by atoms with Crippen molar-refractivity contribution in [2.45, 2.75) is 31.7 Å². The minimum atomic E-state index is -0.0272. The van der Waals surface area contributed by atoms with Crippen molar-refractivity contribution in [1.82, 2.24) is 15.1 Å². The molecule has 1 amide bonds. The number of nitrogens with one attached hydrogen (secondary N) is 1. The third kappa shape index (κ3) is 2.29. The molecular weight excluding hydrogens is 254 g/mol. The summed E-state index contributed by atoms with van der Waals surface area (Å²) in [5, 5.41) is 17.0. The average Bonchev–Trinajstić information content (AvgIpc) is 2.84. The lowest BCUT2D eigenvalue weighted by molar-refractivity contribution is 0.0558. The quantitative estimate of drug-likeness (QED) is 0.874. The normalized spacial score (nSPS) is 15.2. The highest BCUT2D eigenvalue weighted by Crippen LogP contribution is 2.27. The molecule has 20 heavy (non-hydrogen) atoms. The molecule has 1 heterocycles.